The SMILES string of the molecule is COC(=O)C1=C(N)CC[C@@H](C)C1. The van der Waals surface area contributed by atoms with Crippen LogP contribution in [0, 0.1) is 5.92 Å². The van der Waals surface area contributed by atoms with Gasteiger partial charge in [-0.1, -0.05) is 6.92 Å². The van der Waals surface area contributed by atoms with E-state index in [0.717, 1.165) is 19.3 Å². The lowest BCUT2D eigenvalue weighted by molar-refractivity contribution is -0.136. The van der Waals surface area contributed by atoms with E-state index in [-0.39, 0.29) is 5.97 Å². The van der Waals surface area contributed by atoms with E-state index < -0.39 is 0 Å². The van der Waals surface area contributed by atoms with Crippen LogP contribution < -0.4 is 5.73 Å². The average molecular weight is 169 g/mol. The molecule has 3 heteroatoms. The first kappa shape index (κ1) is 9.10. The summed E-state index contributed by atoms with van der Waals surface area (Å²) in [4.78, 5) is 11.2. The Balaban J connectivity index is 2.77. The van der Waals surface area contributed by atoms with Crippen molar-refractivity contribution in [1.82, 2.24) is 0 Å². The molecule has 12 heavy (non-hydrogen) atoms. The zero-order valence-electron chi connectivity index (χ0n) is 7.59. The van der Waals surface area contributed by atoms with Gasteiger partial charge in [-0.05, 0) is 25.2 Å². The Labute approximate surface area is 72.6 Å². The second kappa shape index (κ2) is 3.61. The topological polar surface area (TPSA) is 52.3 Å². The van der Waals surface area contributed by atoms with Crippen LogP contribution in [0.25, 0.3) is 0 Å². The van der Waals surface area contributed by atoms with Gasteiger partial charge in [0.25, 0.3) is 0 Å². The number of hydrogen-bond acceptors (Lipinski definition) is 3. The Hall–Kier alpha value is -0.990. The molecule has 1 atom stereocenters. The Morgan fingerprint density at radius 3 is 2.92 bits per heavy atom. The van der Waals surface area contributed by atoms with Gasteiger partial charge in [0, 0.05) is 5.70 Å². The molecule has 0 heterocycles. The molecule has 0 aromatic heterocycles. The predicted octanol–water partition coefficient (Wildman–Crippen LogP) is 1.19. The van der Waals surface area contributed by atoms with Crippen molar-refractivity contribution >= 4 is 5.97 Å². The molecule has 0 fully saturated rings. The molecule has 0 saturated carbocycles. The van der Waals surface area contributed by atoms with Gasteiger partial charge in [-0.25, -0.2) is 4.79 Å². The van der Waals surface area contributed by atoms with Crippen LogP contribution >= 0.6 is 0 Å². The van der Waals surface area contributed by atoms with Crippen molar-refractivity contribution in [1.29, 1.82) is 0 Å². The predicted molar refractivity (Wildman–Crippen MR) is 46.2 cm³/mol. The molecule has 0 aromatic rings. The van der Waals surface area contributed by atoms with E-state index in [2.05, 4.69) is 11.7 Å². The number of ether oxygens (including phenoxy) is 1. The molecule has 2 N–H and O–H groups in total. The largest absolute Gasteiger partial charge is 0.466 e. The number of carbonyl (C=O) groups excluding carboxylic acids is 1. The van der Waals surface area contributed by atoms with Gasteiger partial charge in [0.2, 0.25) is 0 Å². The van der Waals surface area contributed by atoms with Gasteiger partial charge in [0.05, 0.1) is 12.7 Å². The molecule has 0 spiro atoms. The first-order chi connectivity index (χ1) is 5.65. The average Bonchev–Trinajstić information content (AvgIpc) is 2.08. The van der Waals surface area contributed by atoms with Crippen molar-refractivity contribution in [2.75, 3.05) is 7.11 Å². The molecule has 1 aliphatic carbocycles. The Kier molecular flexibility index (Phi) is 2.74. The Morgan fingerprint density at radius 1 is 1.67 bits per heavy atom. The molecular formula is C9H15NO2. The van der Waals surface area contributed by atoms with Gasteiger partial charge in [-0.3, -0.25) is 0 Å². The maximum absolute atomic E-state index is 11.2. The number of nitrogens with two attached hydrogens (primary N) is 1. The van der Waals surface area contributed by atoms with Crippen LogP contribution in [0.15, 0.2) is 11.3 Å². The molecular weight excluding hydrogens is 154 g/mol. The van der Waals surface area contributed by atoms with E-state index in [0.29, 0.717) is 17.2 Å². The van der Waals surface area contributed by atoms with Gasteiger partial charge in [0.1, 0.15) is 0 Å². The molecule has 0 amide bonds. The van der Waals surface area contributed by atoms with E-state index in [9.17, 15) is 4.79 Å². The second-order valence-corrected chi connectivity index (χ2v) is 3.34. The minimum atomic E-state index is -0.265. The van der Waals surface area contributed by atoms with Crippen LogP contribution in [-0.2, 0) is 9.53 Å². The summed E-state index contributed by atoms with van der Waals surface area (Å²) in [6.07, 6.45) is 2.66. The van der Waals surface area contributed by atoms with Crippen LogP contribution in [-0.4, -0.2) is 13.1 Å². The van der Waals surface area contributed by atoms with Crippen LogP contribution in [0.3, 0.4) is 0 Å². The fraction of sp³-hybridized carbons (Fsp3) is 0.667. The molecule has 0 saturated heterocycles. The van der Waals surface area contributed by atoms with E-state index in [4.69, 9.17) is 5.73 Å². The maximum Gasteiger partial charge on any atom is 0.335 e. The summed E-state index contributed by atoms with van der Waals surface area (Å²) in [6, 6.07) is 0. The molecule has 1 rings (SSSR count). The van der Waals surface area contributed by atoms with Gasteiger partial charge in [-0.2, -0.15) is 0 Å². The molecule has 0 aliphatic heterocycles. The summed E-state index contributed by atoms with van der Waals surface area (Å²) in [5, 5.41) is 0. The lowest BCUT2D eigenvalue weighted by Gasteiger charge is -2.20. The number of esters is 1. The Bertz CT molecular complexity index is 221. The quantitative estimate of drug-likeness (QED) is 0.600. The summed E-state index contributed by atoms with van der Waals surface area (Å²) in [7, 11) is 1.39. The van der Waals surface area contributed by atoms with E-state index in [1.54, 1.807) is 0 Å². The number of allylic oxidation sites excluding steroid dienone is 1. The van der Waals surface area contributed by atoms with Crippen molar-refractivity contribution < 1.29 is 9.53 Å². The van der Waals surface area contributed by atoms with Crippen molar-refractivity contribution in [3.05, 3.63) is 11.3 Å². The minimum Gasteiger partial charge on any atom is -0.466 e. The standard InChI is InChI=1S/C9H15NO2/c1-6-3-4-8(10)7(5-6)9(11)12-2/h6H,3-5,10H2,1-2H3/t6-/m1/s1. The number of carbonyl (C=O) groups is 1. The first-order valence-corrected chi connectivity index (χ1v) is 4.21. The summed E-state index contributed by atoms with van der Waals surface area (Å²) < 4.78 is 4.63. The maximum atomic E-state index is 11.2. The van der Waals surface area contributed by atoms with Crippen LogP contribution in [0.4, 0.5) is 0 Å². The molecule has 0 aromatic carbocycles. The highest BCUT2D eigenvalue weighted by Gasteiger charge is 2.21. The Morgan fingerprint density at radius 2 is 2.33 bits per heavy atom. The fourth-order valence-electron chi connectivity index (χ4n) is 1.47. The molecule has 3 nitrogen and oxygen atoms in total. The third-order valence-corrected chi connectivity index (χ3v) is 2.28. The van der Waals surface area contributed by atoms with Gasteiger partial charge < -0.3 is 10.5 Å². The van der Waals surface area contributed by atoms with E-state index in [1.165, 1.54) is 7.11 Å². The molecule has 0 radical (unpaired) electrons. The molecule has 0 unspecified atom stereocenters. The summed E-state index contributed by atoms with van der Waals surface area (Å²) >= 11 is 0. The monoisotopic (exact) mass is 169 g/mol. The highest BCUT2D eigenvalue weighted by molar-refractivity contribution is 5.89. The lowest BCUT2D eigenvalue weighted by atomic mass is 9.88. The van der Waals surface area contributed by atoms with Crippen molar-refractivity contribution in [2.24, 2.45) is 11.7 Å². The smallest absolute Gasteiger partial charge is 0.335 e. The number of hydrogen-bond donors (Lipinski definition) is 1. The molecule has 1 aliphatic rings. The van der Waals surface area contributed by atoms with Crippen LogP contribution in [0.2, 0.25) is 0 Å². The minimum absolute atomic E-state index is 0.265. The first-order valence-electron chi connectivity index (χ1n) is 4.21. The van der Waals surface area contributed by atoms with E-state index in [1.807, 2.05) is 0 Å². The zero-order chi connectivity index (χ0) is 9.14. The van der Waals surface area contributed by atoms with Gasteiger partial charge in [-0.15, -0.1) is 0 Å². The van der Waals surface area contributed by atoms with Crippen LogP contribution in [0.5, 0.6) is 0 Å². The molecule has 0 bridgehead atoms. The van der Waals surface area contributed by atoms with Gasteiger partial charge in [0.15, 0.2) is 0 Å². The van der Waals surface area contributed by atoms with E-state index >= 15 is 0 Å². The lowest BCUT2D eigenvalue weighted by Crippen LogP contribution is -2.19. The van der Waals surface area contributed by atoms with Crippen molar-refractivity contribution in [3.8, 4) is 0 Å². The summed E-state index contributed by atoms with van der Waals surface area (Å²) in [5.74, 6) is 0.283. The normalized spacial score (nSPS) is 24.0. The highest BCUT2D eigenvalue weighted by Crippen LogP contribution is 2.26. The summed E-state index contributed by atoms with van der Waals surface area (Å²) in [5.41, 5.74) is 7.08. The third kappa shape index (κ3) is 1.78. The highest BCUT2D eigenvalue weighted by atomic mass is 16.5. The second-order valence-electron chi connectivity index (χ2n) is 3.34. The third-order valence-electron chi connectivity index (χ3n) is 2.28. The number of rotatable bonds is 1. The van der Waals surface area contributed by atoms with Crippen LogP contribution in [0.1, 0.15) is 26.2 Å². The zero-order valence-corrected chi connectivity index (χ0v) is 7.59. The number of methoxy groups -OCH3 is 1. The molecule has 68 valence electrons. The van der Waals surface area contributed by atoms with Crippen molar-refractivity contribution in [2.45, 2.75) is 26.2 Å². The van der Waals surface area contributed by atoms with Crippen molar-refractivity contribution in [3.63, 3.8) is 0 Å². The summed E-state index contributed by atoms with van der Waals surface area (Å²) in [6.45, 7) is 2.12. The fourth-order valence-corrected chi connectivity index (χ4v) is 1.47. The van der Waals surface area contributed by atoms with Gasteiger partial charge >= 0.3 is 5.97 Å².